The zero-order chi connectivity index (χ0) is 17.5. The molecule has 3 aromatic carbocycles. The molecule has 0 aromatic heterocycles. The highest BCUT2D eigenvalue weighted by atomic mass is 19.1. The quantitative estimate of drug-likeness (QED) is 0.685. The van der Waals surface area contributed by atoms with E-state index in [0.29, 0.717) is 18.0 Å². The molecule has 4 nitrogen and oxygen atoms in total. The van der Waals surface area contributed by atoms with Gasteiger partial charge in [0.15, 0.2) is 0 Å². The Morgan fingerprint density at radius 2 is 1.40 bits per heavy atom. The Morgan fingerprint density at radius 3 is 2.04 bits per heavy atom. The fourth-order valence-electron chi connectivity index (χ4n) is 2.20. The van der Waals surface area contributed by atoms with E-state index in [2.05, 4.69) is 10.6 Å². The summed E-state index contributed by atoms with van der Waals surface area (Å²) in [7, 11) is 0. The number of amides is 2. The van der Waals surface area contributed by atoms with Gasteiger partial charge in [0.1, 0.15) is 18.2 Å². The number of rotatable bonds is 5. The topological polar surface area (TPSA) is 50.4 Å². The molecule has 126 valence electrons. The van der Waals surface area contributed by atoms with Crippen LogP contribution in [0.5, 0.6) is 5.75 Å². The average molecular weight is 336 g/mol. The van der Waals surface area contributed by atoms with Crippen molar-refractivity contribution in [2.45, 2.75) is 6.61 Å². The van der Waals surface area contributed by atoms with Crippen LogP contribution in [0.4, 0.5) is 20.6 Å². The van der Waals surface area contributed by atoms with Crippen molar-refractivity contribution < 1.29 is 13.9 Å². The van der Waals surface area contributed by atoms with E-state index in [0.717, 1.165) is 11.3 Å². The smallest absolute Gasteiger partial charge is 0.323 e. The number of anilines is 2. The van der Waals surface area contributed by atoms with Crippen LogP contribution in [0.3, 0.4) is 0 Å². The summed E-state index contributed by atoms with van der Waals surface area (Å²) in [5.41, 5.74) is 2.26. The van der Waals surface area contributed by atoms with E-state index in [9.17, 15) is 9.18 Å². The third-order valence-corrected chi connectivity index (χ3v) is 3.46. The minimum atomic E-state index is -0.314. The molecule has 3 aromatic rings. The predicted molar refractivity (Wildman–Crippen MR) is 96.3 cm³/mol. The zero-order valence-corrected chi connectivity index (χ0v) is 13.4. The second-order valence-electron chi connectivity index (χ2n) is 5.38. The van der Waals surface area contributed by atoms with Crippen molar-refractivity contribution in [3.05, 3.63) is 90.2 Å². The molecular formula is C20H17FN2O2. The van der Waals surface area contributed by atoms with Crippen molar-refractivity contribution in [2.75, 3.05) is 10.6 Å². The lowest BCUT2D eigenvalue weighted by molar-refractivity contribution is 0.262. The Hall–Kier alpha value is -3.34. The van der Waals surface area contributed by atoms with Crippen LogP contribution in [0.1, 0.15) is 5.56 Å². The van der Waals surface area contributed by atoms with Gasteiger partial charge >= 0.3 is 6.03 Å². The van der Waals surface area contributed by atoms with Crippen LogP contribution in [0, 0.1) is 5.82 Å². The number of hydrogen-bond acceptors (Lipinski definition) is 2. The number of nitrogens with one attached hydrogen (secondary N) is 2. The minimum absolute atomic E-state index is 0.270. The summed E-state index contributed by atoms with van der Waals surface area (Å²) < 4.78 is 18.5. The first kappa shape index (κ1) is 16.5. The normalized spacial score (nSPS) is 10.1. The maximum absolute atomic E-state index is 12.9. The summed E-state index contributed by atoms with van der Waals surface area (Å²) in [5, 5.41) is 5.49. The molecule has 3 rings (SSSR count). The first-order chi connectivity index (χ1) is 12.2. The SMILES string of the molecule is O=C(Nc1ccccc1)Nc1ccc(OCc2ccc(F)cc2)cc1. The predicted octanol–water partition coefficient (Wildman–Crippen LogP) is 5.05. The molecule has 0 saturated carbocycles. The second kappa shape index (κ2) is 7.97. The van der Waals surface area contributed by atoms with E-state index in [1.165, 1.54) is 12.1 Å². The molecule has 25 heavy (non-hydrogen) atoms. The number of ether oxygens (including phenoxy) is 1. The molecular weight excluding hydrogens is 319 g/mol. The zero-order valence-electron chi connectivity index (χ0n) is 13.4. The molecule has 0 bridgehead atoms. The van der Waals surface area contributed by atoms with Crippen LogP contribution < -0.4 is 15.4 Å². The third-order valence-electron chi connectivity index (χ3n) is 3.46. The fraction of sp³-hybridized carbons (Fsp3) is 0.0500. The summed E-state index contributed by atoms with van der Waals surface area (Å²) >= 11 is 0. The van der Waals surface area contributed by atoms with Gasteiger partial charge in [-0.15, -0.1) is 0 Å². The number of benzene rings is 3. The van der Waals surface area contributed by atoms with Crippen LogP contribution in [0.25, 0.3) is 0 Å². The first-order valence-corrected chi connectivity index (χ1v) is 7.79. The van der Waals surface area contributed by atoms with Crippen LogP contribution in [0.2, 0.25) is 0 Å². The van der Waals surface area contributed by atoms with E-state index >= 15 is 0 Å². The van der Waals surface area contributed by atoms with Crippen LogP contribution >= 0.6 is 0 Å². The van der Waals surface area contributed by atoms with Gasteiger partial charge in [-0.05, 0) is 54.1 Å². The molecule has 5 heteroatoms. The van der Waals surface area contributed by atoms with Crippen molar-refractivity contribution in [1.82, 2.24) is 0 Å². The van der Waals surface area contributed by atoms with Gasteiger partial charge in [-0.3, -0.25) is 0 Å². The van der Waals surface area contributed by atoms with Crippen LogP contribution in [0.15, 0.2) is 78.9 Å². The van der Waals surface area contributed by atoms with Gasteiger partial charge in [-0.1, -0.05) is 30.3 Å². The van der Waals surface area contributed by atoms with Gasteiger partial charge in [0.25, 0.3) is 0 Å². The van der Waals surface area contributed by atoms with Gasteiger partial charge in [-0.2, -0.15) is 0 Å². The summed E-state index contributed by atoms with van der Waals surface area (Å²) in [5.74, 6) is 0.395. The highest BCUT2D eigenvalue weighted by Crippen LogP contribution is 2.17. The molecule has 2 N–H and O–H groups in total. The van der Waals surface area contributed by atoms with Gasteiger partial charge in [-0.25, -0.2) is 9.18 Å². The molecule has 0 saturated heterocycles. The Kier molecular flexibility index (Phi) is 5.26. The Morgan fingerprint density at radius 1 is 0.800 bits per heavy atom. The number of halogens is 1. The van der Waals surface area contributed by atoms with Gasteiger partial charge in [0.05, 0.1) is 0 Å². The third kappa shape index (κ3) is 5.07. The number of carbonyl (C=O) groups excluding carboxylic acids is 1. The standard InChI is InChI=1S/C20H17FN2O2/c21-16-8-6-15(7-9-16)14-25-19-12-10-18(11-13-19)23-20(24)22-17-4-2-1-3-5-17/h1-13H,14H2,(H2,22,23,24). The molecule has 0 aliphatic carbocycles. The molecule has 0 aliphatic heterocycles. The average Bonchev–Trinajstić information content (AvgIpc) is 2.63. The Balaban J connectivity index is 1.51. The van der Waals surface area contributed by atoms with Crippen molar-refractivity contribution in [2.24, 2.45) is 0 Å². The molecule has 2 amide bonds. The van der Waals surface area contributed by atoms with Gasteiger partial charge < -0.3 is 15.4 Å². The number of carbonyl (C=O) groups is 1. The maximum atomic E-state index is 12.9. The Bertz CT molecular complexity index is 819. The lowest BCUT2D eigenvalue weighted by Crippen LogP contribution is -2.19. The van der Waals surface area contributed by atoms with Crippen molar-refractivity contribution in [3.8, 4) is 5.75 Å². The second-order valence-corrected chi connectivity index (χ2v) is 5.38. The summed E-state index contributed by atoms with van der Waals surface area (Å²) in [6.45, 7) is 0.349. The molecule has 0 fully saturated rings. The lowest BCUT2D eigenvalue weighted by Gasteiger charge is -2.09. The lowest BCUT2D eigenvalue weighted by atomic mass is 10.2. The van der Waals surface area contributed by atoms with Gasteiger partial charge in [0, 0.05) is 11.4 Å². The first-order valence-electron chi connectivity index (χ1n) is 7.79. The fourth-order valence-corrected chi connectivity index (χ4v) is 2.20. The molecule has 0 aliphatic rings. The molecule has 0 heterocycles. The molecule has 0 radical (unpaired) electrons. The number of hydrogen-bond donors (Lipinski definition) is 2. The summed E-state index contributed by atoms with van der Waals surface area (Å²) in [4.78, 5) is 11.9. The van der Waals surface area contributed by atoms with Crippen molar-refractivity contribution in [3.63, 3.8) is 0 Å². The van der Waals surface area contributed by atoms with E-state index in [4.69, 9.17) is 4.74 Å². The number of urea groups is 1. The molecule has 0 atom stereocenters. The minimum Gasteiger partial charge on any atom is -0.489 e. The van der Waals surface area contributed by atoms with E-state index < -0.39 is 0 Å². The summed E-state index contributed by atoms with van der Waals surface area (Å²) in [6.07, 6.45) is 0. The van der Waals surface area contributed by atoms with Crippen molar-refractivity contribution >= 4 is 17.4 Å². The van der Waals surface area contributed by atoms with E-state index in [-0.39, 0.29) is 11.8 Å². The highest BCUT2D eigenvalue weighted by Gasteiger charge is 2.03. The molecule has 0 spiro atoms. The maximum Gasteiger partial charge on any atom is 0.323 e. The Labute approximate surface area is 145 Å². The summed E-state index contributed by atoms with van der Waals surface area (Å²) in [6, 6.07) is 22.1. The largest absolute Gasteiger partial charge is 0.489 e. The van der Waals surface area contributed by atoms with Crippen LogP contribution in [-0.4, -0.2) is 6.03 Å². The van der Waals surface area contributed by atoms with Crippen molar-refractivity contribution in [1.29, 1.82) is 0 Å². The molecule has 0 unspecified atom stereocenters. The number of para-hydroxylation sites is 1. The van der Waals surface area contributed by atoms with E-state index in [1.807, 2.05) is 30.3 Å². The van der Waals surface area contributed by atoms with E-state index in [1.54, 1.807) is 36.4 Å². The van der Waals surface area contributed by atoms with Gasteiger partial charge in [0.2, 0.25) is 0 Å². The highest BCUT2D eigenvalue weighted by molar-refractivity contribution is 5.99. The monoisotopic (exact) mass is 336 g/mol. The van der Waals surface area contributed by atoms with Crippen LogP contribution in [-0.2, 0) is 6.61 Å².